The molecule has 1 aromatic rings. The van der Waals surface area contributed by atoms with Gasteiger partial charge in [-0.3, -0.25) is 4.79 Å². The van der Waals surface area contributed by atoms with Gasteiger partial charge in [-0.15, -0.1) is 0 Å². The average molecular weight is 233 g/mol. The van der Waals surface area contributed by atoms with Gasteiger partial charge < -0.3 is 15.2 Å². The van der Waals surface area contributed by atoms with Gasteiger partial charge in [-0.05, 0) is 37.5 Å². The highest BCUT2D eigenvalue weighted by Crippen LogP contribution is 2.48. The number of fused-ring (bicyclic) bond motifs is 1. The minimum Gasteiger partial charge on any atom is -0.454 e. The van der Waals surface area contributed by atoms with E-state index in [2.05, 4.69) is 0 Å². The summed E-state index contributed by atoms with van der Waals surface area (Å²) in [7, 11) is 0. The fraction of sp³-hybridized carbons (Fsp3) is 0.462. The van der Waals surface area contributed by atoms with Crippen molar-refractivity contribution in [3.63, 3.8) is 0 Å². The van der Waals surface area contributed by atoms with Gasteiger partial charge in [0.1, 0.15) is 0 Å². The molecule has 1 aromatic carbocycles. The Morgan fingerprint density at radius 2 is 2.00 bits per heavy atom. The monoisotopic (exact) mass is 233 g/mol. The van der Waals surface area contributed by atoms with E-state index >= 15 is 0 Å². The van der Waals surface area contributed by atoms with Crippen LogP contribution in [0.15, 0.2) is 12.1 Å². The Labute approximate surface area is 99.7 Å². The number of aryl methyl sites for hydroxylation is 1. The van der Waals surface area contributed by atoms with Gasteiger partial charge in [-0.25, -0.2) is 0 Å². The zero-order valence-corrected chi connectivity index (χ0v) is 9.79. The van der Waals surface area contributed by atoms with Crippen molar-refractivity contribution in [2.75, 3.05) is 13.3 Å². The molecule has 1 heterocycles. The number of hydrogen-bond acceptors (Lipinski definition) is 4. The van der Waals surface area contributed by atoms with E-state index in [0.29, 0.717) is 12.3 Å². The average Bonchev–Trinajstić information content (AvgIpc) is 3.01. The van der Waals surface area contributed by atoms with Crippen LogP contribution in [0.25, 0.3) is 0 Å². The van der Waals surface area contributed by atoms with Crippen LogP contribution in [0.2, 0.25) is 0 Å². The van der Waals surface area contributed by atoms with Gasteiger partial charge >= 0.3 is 0 Å². The third-order valence-electron chi connectivity index (χ3n) is 3.69. The number of rotatable bonds is 3. The van der Waals surface area contributed by atoms with Gasteiger partial charge in [0.15, 0.2) is 17.3 Å². The number of ether oxygens (including phenoxy) is 2. The van der Waals surface area contributed by atoms with Crippen LogP contribution in [-0.2, 0) is 0 Å². The topological polar surface area (TPSA) is 61.6 Å². The van der Waals surface area contributed by atoms with Crippen LogP contribution in [0.4, 0.5) is 0 Å². The van der Waals surface area contributed by atoms with Crippen LogP contribution < -0.4 is 15.2 Å². The molecule has 2 N–H and O–H groups in total. The number of nitrogens with two attached hydrogens (primary N) is 1. The summed E-state index contributed by atoms with van der Waals surface area (Å²) >= 11 is 0. The molecule has 0 spiro atoms. The summed E-state index contributed by atoms with van der Waals surface area (Å²) in [6.45, 7) is 2.58. The smallest absolute Gasteiger partial charge is 0.231 e. The van der Waals surface area contributed by atoms with Crippen molar-refractivity contribution in [3.8, 4) is 11.5 Å². The van der Waals surface area contributed by atoms with Gasteiger partial charge in [0.25, 0.3) is 0 Å². The van der Waals surface area contributed by atoms with Crippen LogP contribution in [0, 0.1) is 12.3 Å². The van der Waals surface area contributed by atoms with E-state index in [1.807, 2.05) is 13.0 Å². The quantitative estimate of drug-likeness (QED) is 0.806. The van der Waals surface area contributed by atoms with Crippen LogP contribution in [0.1, 0.15) is 28.8 Å². The zero-order valence-electron chi connectivity index (χ0n) is 9.79. The Balaban J connectivity index is 2.01. The summed E-state index contributed by atoms with van der Waals surface area (Å²) in [5.74, 6) is 1.53. The van der Waals surface area contributed by atoms with Gasteiger partial charge in [-0.2, -0.15) is 0 Å². The van der Waals surface area contributed by atoms with E-state index in [9.17, 15) is 4.79 Å². The summed E-state index contributed by atoms with van der Waals surface area (Å²) in [5.41, 5.74) is 7.04. The molecule has 0 aromatic heterocycles. The predicted octanol–water partition coefficient (Wildman–Crippen LogP) is 1.65. The van der Waals surface area contributed by atoms with Crippen molar-refractivity contribution in [1.82, 2.24) is 0 Å². The van der Waals surface area contributed by atoms with E-state index in [1.165, 1.54) is 0 Å². The van der Waals surface area contributed by atoms with Crippen molar-refractivity contribution in [3.05, 3.63) is 23.3 Å². The highest BCUT2D eigenvalue weighted by molar-refractivity contribution is 6.04. The Morgan fingerprint density at radius 1 is 1.35 bits per heavy atom. The first-order valence-corrected chi connectivity index (χ1v) is 5.81. The lowest BCUT2D eigenvalue weighted by atomic mass is 9.92. The van der Waals surface area contributed by atoms with Gasteiger partial charge in [0, 0.05) is 17.5 Å². The van der Waals surface area contributed by atoms with E-state index < -0.39 is 0 Å². The van der Waals surface area contributed by atoms with Crippen LogP contribution >= 0.6 is 0 Å². The van der Waals surface area contributed by atoms with Crippen LogP contribution in [-0.4, -0.2) is 19.1 Å². The lowest BCUT2D eigenvalue weighted by Gasteiger charge is -2.13. The zero-order chi connectivity index (χ0) is 12.0. The third-order valence-corrected chi connectivity index (χ3v) is 3.69. The highest BCUT2D eigenvalue weighted by atomic mass is 16.7. The molecule has 0 saturated heterocycles. The Morgan fingerprint density at radius 3 is 2.59 bits per heavy atom. The first-order valence-electron chi connectivity index (χ1n) is 5.81. The minimum absolute atomic E-state index is 0.149. The van der Waals surface area contributed by atoms with E-state index in [4.69, 9.17) is 15.2 Å². The second-order valence-electron chi connectivity index (χ2n) is 4.83. The van der Waals surface area contributed by atoms with Crippen molar-refractivity contribution in [1.29, 1.82) is 0 Å². The molecule has 0 unspecified atom stereocenters. The molecule has 90 valence electrons. The molecule has 2 aliphatic rings. The van der Waals surface area contributed by atoms with Crippen molar-refractivity contribution in [2.24, 2.45) is 11.1 Å². The van der Waals surface area contributed by atoms with Gasteiger partial charge in [0.2, 0.25) is 6.79 Å². The Bertz CT molecular complexity index is 492. The molecule has 0 radical (unpaired) electrons. The van der Waals surface area contributed by atoms with Crippen molar-refractivity contribution >= 4 is 5.78 Å². The number of carbonyl (C=O) groups is 1. The van der Waals surface area contributed by atoms with Gasteiger partial charge in [0.05, 0.1) is 0 Å². The highest BCUT2D eigenvalue weighted by Gasteiger charge is 2.49. The molecule has 0 bridgehead atoms. The second kappa shape index (κ2) is 3.47. The van der Waals surface area contributed by atoms with E-state index in [1.54, 1.807) is 6.07 Å². The van der Waals surface area contributed by atoms with Crippen molar-refractivity contribution < 1.29 is 14.3 Å². The second-order valence-corrected chi connectivity index (χ2v) is 4.83. The van der Waals surface area contributed by atoms with E-state index in [0.717, 1.165) is 29.7 Å². The number of benzene rings is 1. The van der Waals surface area contributed by atoms with Crippen molar-refractivity contribution in [2.45, 2.75) is 19.8 Å². The molecular formula is C13H15NO3. The maximum atomic E-state index is 12.4. The Kier molecular flexibility index (Phi) is 2.16. The minimum atomic E-state index is -0.307. The van der Waals surface area contributed by atoms with Gasteiger partial charge in [-0.1, -0.05) is 0 Å². The maximum Gasteiger partial charge on any atom is 0.231 e. The first kappa shape index (κ1) is 10.6. The number of Topliss-reactive ketones (excluding diaryl/α,β-unsaturated/α-hetero) is 1. The molecule has 17 heavy (non-hydrogen) atoms. The standard InChI is InChI=1S/C13H15NO3/c1-8-4-10-11(17-7-16-10)5-9(8)12(15)13(6-14)2-3-13/h4-5H,2-3,6-7,14H2,1H3. The van der Waals surface area contributed by atoms with E-state index in [-0.39, 0.29) is 18.0 Å². The molecular weight excluding hydrogens is 218 g/mol. The molecule has 0 atom stereocenters. The summed E-state index contributed by atoms with van der Waals surface area (Å²) < 4.78 is 10.6. The SMILES string of the molecule is Cc1cc2c(cc1C(=O)C1(CN)CC1)OCO2. The first-order chi connectivity index (χ1) is 8.16. The van der Waals surface area contributed by atoms with Crippen LogP contribution in [0.3, 0.4) is 0 Å². The summed E-state index contributed by atoms with van der Waals surface area (Å²) in [4.78, 5) is 12.4. The third kappa shape index (κ3) is 1.52. The molecule has 4 heteroatoms. The summed E-state index contributed by atoms with van der Waals surface area (Å²) in [6.07, 6.45) is 1.80. The normalized spacial score (nSPS) is 19.2. The number of ketones is 1. The molecule has 3 rings (SSSR count). The largest absolute Gasteiger partial charge is 0.454 e. The lowest BCUT2D eigenvalue weighted by Crippen LogP contribution is -2.25. The fourth-order valence-corrected chi connectivity index (χ4v) is 2.25. The molecule has 0 amide bonds. The molecule has 4 nitrogen and oxygen atoms in total. The summed E-state index contributed by atoms with van der Waals surface area (Å²) in [6, 6.07) is 3.65. The van der Waals surface area contributed by atoms with Crippen LogP contribution in [0.5, 0.6) is 11.5 Å². The molecule has 1 fully saturated rings. The molecule has 1 aliphatic carbocycles. The molecule has 1 aliphatic heterocycles. The lowest BCUT2D eigenvalue weighted by molar-refractivity contribution is 0.0904. The number of carbonyl (C=O) groups excluding carboxylic acids is 1. The molecule has 1 saturated carbocycles. The maximum absolute atomic E-state index is 12.4. The fourth-order valence-electron chi connectivity index (χ4n) is 2.25. The number of hydrogen-bond donors (Lipinski definition) is 1. The Hall–Kier alpha value is -1.55. The summed E-state index contributed by atoms with van der Waals surface area (Å²) in [5, 5.41) is 0. The predicted molar refractivity (Wildman–Crippen MR) is 62.4 cm³/mol.